The number of rotatable bonds is 6. The Hall–Kier alpha value is -2.84. The van der Waals surface area contributed by atoms with Gasteiger partial charge in [0, 0.05) is 30.3 Å². The number of methoxy groups -OCH3 is 1. The highest BCUT2D eigenvalue weighted by molar-refractivity contribution is 7.89. The van der Waals surface area contributed by atoms with E-state index in [2.05, 4.69) is 11.4 Å². The van der Waals surface area contributed by atoms with Crippen LogP contribution in [0, 0.1) is 6.92 Å². The number of para-hydroxylation sites is 1. The highest BCUT2D eigenvalue weighted by Gasteiger charge is 2.30. The lowest BCUT2D eigenvalue weighted by molar-refractivity contribution is -0.122. The van der Waals surface area contributed by atoms with Gasteiger partial charge in [0.1, 0.15) is 12.3 Å². The lowest BCUT2D eigenvalue weighted by Crippen LogP contribution is -2.47. The number of carbonyl (C=O) groups is 1. The predicted molar refractivity (Wildman–Crippen MR) is 120 cm³/mol. The van der Waals surface area contributed by atoms with Gasteiger partial charge in [-0.15, -0.1) is 0 Å². The number of fused-ring (bicyclic) bond motifs is 1. The van der Waals surface area contributed by atoms with Crippen molar-refractivity contribution in [3.8, 4) is 5.75 Å². The van der Waals surface area contributed by atoms with Crippen LogP contribution in [0.5, 0.6) is 5.75 Å². The number of piperidine rings is 1. The Labute approximate surface area is 182 Å². The van der Waals surface area contributed by atoms with Crippen molar-refractivity contribution < 1.29 is 17.9 Å². The molecule has 3 aromatic rings. The number of benzene rings is 2. The summed E-state index contributed by atoms with van der Waals surface area (Å²) >= 11 is 0. The summed E-state index contributed by atoms with van der Waals surface area (Å²) in [5.74, 6) is 0.562. The quantitative estimate of drug-likeness (QED) is 0.638. The van der Waals surface area contributed by atoms with E-state index in [9.17, 15) is 13.2 Å². The van der Waals surface area contributed by atoms with Crippen molar-refractivity contribution in [1.82, 2.24) is 14.2 Å². The van der Waals surface area contributed by atoms with Crippen LogP contribution in [0.15, 0.2) is 59.5 Å². The fourth-order valence-corrected chi connectivity index (χ4v) is 5.58. The number of ether oxygens (including phenoxy) is 1. The minimum absolute atomic E-state index is 0.0306. The molecule has 0 atom stereocenters. The molecule has 2 aromatic carbocycles. The van der Waals surface area contributed by atoms with Crippen LogP contribution in [0.4, 0.5) is 0 Å². The largest absolute Gasteiger partial charge is 0.497 e. The van der Waals surface area contributed by atoms with Crippen molar-refractivity contribution in [3.63, 3.8) is 0 Å². The third kappa shape index (κ3) is 4.45. The summed E-state index contributed by atoms with van der Waals surface area (Å²) in [7, 11) is -2.00. The molecule has 1 aliphatic rings. The first-order valence-electron chi connectivity index (χ1n) is 10.4. The van der Waals surface area contributed by atoms with Crippen molar-refractivity contribution in [2.75, 3.05) is 20.2 Å². The second-order valence-corrected chi connectivity index (χ2v) is 9.79. The number of carbonyl (C=O) groups excluding carboxylic acids is 1. The maximum absolute atomic E-state index is 12.9. The number of aryl methyl sites for hydroxylation is 1. The van der Waals surface area contributed by atoms with E-state index in [0.29, 0.717) is 31.7 Å². The molecule has 7 nitrogen and oxygen atoms in total. The smallest absolute Gasteiger partial charge is 0.243 e. The van der Waals surface area contributed by atoms with Gasteiger partial charge in [0.2, 0.25) is 15.9 Å². The zero-order valence-electron chi connectivity index (χ0n) is 17.7. The van der Waals surface area contributed by atoms with E-state index in [1.807, 2.05) is 35.8 Å². The minimum atomic E-state index is -3.55. The van der Waals surface area contributed by atoms with Crippen LogP contribution in [0.2, 0.25) is 0 Å². The van der Waals surface area contributed by atoms with Crippen LogP contribution in [0.1, 0.15) is 18.5 Å². The predicted octanol–water partition coefficient (Wildman–Crippen LogP) is 2.93. The Bertz CT molecular complexity index is 1180. The SMILES string of the molecule is COc1ccc(S(=O)(=O)N2CCC(NC(=O)Cn3c(C)cc4ccccc43)CC2)cc1. The summed E-state index contributed by atoms with van der Waals surface area (Å²) in [6.07, 6.45) is 1.18. The molecule has 0 unspecified atom stereocenters. The molecule has 0 bridgehead atoms. The van der Waals surface area contributed by atoms with E-state index in [0.717, 1.165) is 16.6 Å². The molecule has 1 amide bonds. The van der Waals surface area contributed by atoms with Crippen molar-refractivity contribution in [2.24, 2.45) is 0 Å². The van der Waals surface area contributed by atoms with Crippen molar-refractivity contribution >= 4 is 26.8 Å². The Balaban J connectivity index is 1.35. The summed E-state index contributed by atoms with van der Waals surface area (Å²) < 4.78 is 34.4. The Morgan fingerprint density at radius 2 is 1.77 bits per heavy atom. The van der Waals surface area contributed by atoms with Gasteiger partial charge in [-0.3, -0.25) is 4.79 Å². The van der Waals surface area contributed by atoms with Crippen LogP contribution in [-0.4, -0.2) is 49.4 Å². The summed E-state index contributed by atoms with van der Waals surface area (Å²) in [6, 6.07) is 16.5. The first-order valence-corrected chi connectivity index (χ1v) is 11.8. The number of aromatic nitrogens is 1. The highest BCUT2D eigenvalue weighted by atomic mass is 32.2. The molecule has 0 aliphatic carbocycles. The zero-order chi connectivity index (χ0) is 22.0. The number of nitrogens with one attached hydrogen (secondary N) is 1. The molecule has 0 saturated carbocycles. The molecule has 1 N–H and O–H groups in total. The van der Waals surface area contributed by atoms with Crippen molar-refractivity contribution in [2.45, 2.75) is 37.2 Å². The third-order valence-electron chi connectivity index (χ3n) is 5.84. The highest BCUT2D eigenvalue weighted by Crippen LogP contribution is 2.23. The van der Waals surface area contributed by atoms with Crippen LogP contribution < -0.4 is 10.1 Å². The van der Waals surface area contributed by atoms with Gasteiger partial charge in [-0.1, -0.05) is 18.2 Å². The molecular weight excluding hydrogens is 414 g/mol. The number of sulfonamides is 1. The summed E-state index contributed by atoms with van der Waals surface area (Å²) in [6.45, 7) is 3.01. The van der Waals surface area contributed by atoms with E-state index in [1.165, 1.54) is 4.31 Å². The maximum Gasteiger partial charge on any atom is 0.243 e. The summed E-state index contributed by atoms with van der Waals surface area (Å²) in [5.41, 5.74) is 2.08. The molecule has 2 heterocycles. The Morgan fingerprint density at radius 1 is 1.10 bits per heavy atom. The van der Waals surface area contributed by atoms with Gasteiger partial charge in [0.25, 0.3) is 0 Å². The number of nitrogens with zero attached hydrogens (tertiary/aromatic N) is 2. The van der Waals surface area contributed by atoms with Gasteiger partial charge >= 0.3 is 0 Å². The average Bonchev–Trinajstić information content (AvgIpc) is 3.09. The lowest BCUT2D eigenvalue weighted by Gasteiger charge is -2.31. The minimum Gasteiger partial charge on any atom is -0.497 e. The Morgan fingerprint density at radius 3 is 2.45 bits per heavy atom. The summed E-state index contributed by atoms with van der Waals surface area (Å²) in [5, 5.41) is 4.19. The van der Waals surface area contributed by atoms with E-state index in [4.69, 9.17) is 4.74 Å². The first kappa shape index (κ1) is 21.4. The molecule has 1 aliphatic heterocycles. The Kier molecular flexibility index (Phi) is 6.02. The second kappa shape index (κ2) is 8.72. The van der Waals surface area contributed by atoms with Gasteiger partial charge in [-0.05, 0) is 61.5 Å². The lowest BCUT2D eigenvalue weighted by atomic mass is 10.1. The van der Waals surface area contributed by atoms with Crippen molar-refractivity contribution in [3.05, 3.63) is 60.3 Å². The fraction of sp³-hybridized carbons (Fsp3) is 0.348. The zero-order valence-corrected chi connectivity index (χ0v) is 18.6. The molecule has 1 aromatic heterocycles. The van der Waals surface area contributed by atoms with Gasteiger partial charge in [0.05, 0.1) is 12.0 Å². The number of hydrogen-bond donors (Lipinski definition) is 1. The van der Waals surface area contributed by atoms with E-state index < -0.39 is 10.0 Å². The molecule has 1 fully saturated rings. The fourth-order valence-electron chi connectivity index (χ4n) is 4.11. The van der Waals surface area contributed by atoms with Crippen LogP contribution in [0.3, 0.4) is 0 Å². The monoisotopic (exact) mass is 441 g/mol. The molecule has 0 radical (unpaired) electrons. The summed E-state index contributed by atoms with van der Waals surface area (Å²) in [4.78, 5) is 12.9. The molecule has 8 heteroatoms. The van der Waals surface area contributed by atoms with E-state index in [-0.39, 0.29) is 23.4 Å². The first-order chi connectivity index (χ1) is 14.9. The molecule has 0 spiro atoms. The third-order valence-corrected chi connectivity index (χ3v) is 7.75. The van der Waals surface area contributed by atoms with Gasteiger partial charge in [-0.2, -0.15) is 4.31 Å². The number of hydrogen-bond acceptors (Lipinski definition) is 4. The second-order valence-electron chi connectivity index (χ2n) is 7.85. The molecule has 1 saturated heterocycles. The molecule has 31 heavy (non-hydrogen) atoms. The topological polar surface area (TPSA) is 80.6 Å². The van der Waals surface area contributed by atoms with Gasteiger partial charge in [-0.25, -0.2) is 8.42 Å². The van der Waals surface area contributed by atoms with Crippen molar-refractivity contribution in [1.29, 1.82) is 0 Å². The molecule has 4 rings (SSSR count). The van der Waals surface area contributed by atoms with Gasteiger partial charge < -0.3 is 14.6 Å². The molecule has 164 valence electrons. The van der Waals surface area contributed by atoms with Gasteiger partial charge in [0.15, 0.2) is 0 Å². The number of amides is 1. The van der Waals surface area contributed by atoms with Crippen LogP contribution in [-0.2, 0) is 21.4 Å². The standard InChI is InChI=1S/C23H27N3O4S/c1-17-15-18-5-3-4-6-22(18)26(17)16-23(27)24-19-11-13-25(14-12-19)31(28,29)21-9-7-20(30-2)8-10-21/h3-10,15,19H,11-14,16H2,1-2H3,(H,24,27). The van der Waals surface area contributed by atoms with E-state index in [1.54, 1.807) is 31.4 Å². The van der Waals surface area contributed by atoms with E-state index >= 15 is 0 Å². The molecular formula is C23H27N3O4S. The normalized spacial score (nSPS) is 15.8. The average molecular weight is 442 g/mol. The van der Waals surface area contributed by atoms with Crippen LogP contribution >= 0.6 is 0 Å². The maximum atomic E-state index is 12.9. The van der Waals surface area contributed by atoms with Crippen LogP contribution in [0.25, 0.3) is 10.9 Å².